The molecule has 0 aromatic carbocycles. The Morgan fingerprint density at radius 1 is 1.86 bits per heavy atom. The van der Waals surface area contributed by atoms with Gasteiger partial charge in [0.2, 0.25) is 5.91 Å². The summed E-state index contributed by atoms with van der Waals surface area (Å²) in [4.78, 5) is 10.1. The Balaban J connectivity index is 2.48. The van der Waals surface area contributed by atoms with Crippen LogP contribution in [0.1, 0.15) is 6.42 Å². The van der Waals surface area contributed by atoms with Gasteiger partial charge in [-0.1, -0.05) is 0 Å². The van der Waals surface area contributed by atoms with Gasteiger partial charge in [0.15, 0.2) is 0 Å². The second-order valence-corrected chi connectivity index (χ2v) is 1.35. The van der Waals surface area contributed by atoms with Crippen molar-refractivity contribution in [1.82, 2.24) is 10.6 Å². The average molecular weight is 101 g/mol. The van der Waals surface area contributed by atoms with Gasteiger partial charge in [-0.05, 0) is 0 Å². The minimum atomic E-state index is -0.375. The predicted octanol–water partition coefficient (Wildman–Crippen LogP) is -0.779. The van der Waals surface area contributed by atoms with Crippen molar-refractivity contribution in [3.8, 4) is 0 Å². The first-order valence-electron chi connectivity index (χ1n) is 2.04. The van der Waals surface area contributed by atoms with Crippen molar-refractivity contribution < 1.29 is 4.79 Å². The topological polar surface area (TPSA) is 55.4 Å². The number of hydrogen-bond donors (Lipinski definition) is 1. The highest BCUT2D eigenvalue weighted by Crippen LogP contribution is 1.93. The first kappa shape index (κ1) is 4.55. The minimum absolute atomic E-state index is 0.264. The number of carbonyl (C=O) groups is 1. The minimum Gasteiger partial charge on any atom is -0.741 e. The molecule has 40 valence electrons. The van der Waals surface area contributed by atoms with E-state index in [2.05, 4.69) is 5.43 Å². The molecular weight excluding hydrogens is 96.0 g/mol. The van der Waals surface area contributed by atoms with Crippen LogP contribution in [0.4, 0.5) is 0 Å². The molecule has 4 heteroatoms. The fraction of sp³-hybridized carbons (Fsp3) is 0.667. The Bertz CT molecular complexity index is 92.9. The van der Waals surface area contributed by atoms with E-state index in [1.165, 1.54) is 0 Å². The first-order valence-corrected chi connectivity index (χ1v) is 2.04. The van der Waals surface area contributed by atoms with Crippen molar-refractivity contribution >= 4 is 5.91 Å². The van der Waals surface area contributed by atoms with Crippen molar-refractivity contribution in [2.24, 2.45) is 0 Å². The highest BCUT2D eigenvalue weighted by Gasteiger charge is 2.09. The zero-order valence-corrected chi connectivity index (χ0v) is 3.68. The Hall–Kier alpha value is -0.610. The quantitative estimate of drug-likeness (QED) is 0.435. The number of hydrogen-bond acceptors (Lipinski definition) is 3. The fourth-order valence-electron chi connectivity index (χ4n) is 0.454. The molecule has 0 unspecified atom stereocenters. The summed E-state index contributed by atoms with van der Waals surface area (Å²) in [6, 6.07) is 0. The fourth-order valence-corrected chi connectivity index (χ4v) is 0.454. The van der Waals surface area contributed by atoms with E-state index in [4.69, 9.17) is 0 Å². The molecule has 1 heterocycles. The van der Waals surface area contributed by atoms with Crippen LogP contribution < -0.4 is 5.43 Å². The Kier molecular flexibility index (Phi) is 0.958. The smallest absolute Gasteiger partial charge is 0.227 e. The van der Waals surface area contributed by atoms with Crippen LogP contribution in [0, 0.1) is 5.21 Å². The van der Waals surface area contributed by atoms with E-state index in [0.29, 0.717) is 13.0 Å². The van der Waals surface area contributed by atoms with E-state index in [-0.39, 0.29) is 11.1 Å². The Morgan fingerprint density at radius 3 is 2.71 bits per heavy atom. The summed E-state index contributed by atoms with van der Waals surface area (Å²) in [7, 11) is 0. The zero-order chi connectivity index (χ0) is 5.28. The molecule has 1 fully saturated rings. The number of rotatable bonds is 0. The molecule has 0 atom stereocenters. The molecule has 0 aromatic rings. The van der Waals surface area contributed by atoms with Crippen molar-refractivity contribution in [3.05, 3.63) is 5.21 Å². The molecule has 1 amide bonds. The summed E-state index contributed by atoms with van der Waals surface area (Å²) >= 11 is 0. The molecular formula is C3H5N2O2-. The zero-order valence-electron chi connectivity index (χ0n) is 3.68. The summed E-state index contributed by atoms with van der Waals surface area (Å²) < 4.78 is 0. The highest BCUT2D eigenvalue weighted by molar-refractivity contribution is 5.77. The third-order valence-electron chi connectivity index (χ3n) is 0.821. The predicted molar refractivity (Wildman–Crippen MR) is 22.8 cm³/mol. The maximum absolute atomic E-state index is 10.1. The van der Waals surface area contributed by atoms with E-state index in [1.807, 2.05) is 0 Å². The summed E-state index contributed by atoms with van der Waals surface area (Å²) in [5, 5.41) is 10.3. The van der Waals surface area contributed by atoms with Crippen LogP contribution in [0.5, 0.6) is 0 Å². The van der Waals surface area contributed by atoms with Gasteiger partial charge in [0.1, 0.15) is 0 Å². The standard InChI is InChI=1S/C3H5N2O2/c6-3-1-2-4-5(3)7/h4H,1-2H2/q-1. The lowest BCUT2D eigenvalue weighted by molar-refractivity contribution is -0.126. The number of hydrazine groups is 1. The molecule has 1 N–H and O–H groups in total. The van der Waals surface area contributed by atoms with Crippen molar-refractivity contribution in [1.29, 1.82) is 0 Å². The Labute approximate surface area is 40.7 Å². The molecule has 7 heavy (non-hydrogen) atoms. The van der Waals surface area contributed by atoms with Crippen molar-refractivity contribution in [2.45, 2.75) is 6.42 Å². The lowest BCUT2D eigenvalue weighted by atomic mass is 10.5. The molecule has 0 bridgehead atoms. The van der Waals surface area contributed by atoms with Crippen LogP contribution in [0.25, 0.3) is 0 Å². The molecule has 1 rings (SSSR count). The van der Waals surface area contributed by atoms with Gasteiger partial charge < -0.3 is 10.4 Å². The SMILES string of the molecule is O=C1CCNN1[O-]. The van der Waals surface area contributed by atoms with Crippen LogP contribution in [0.15, 0.2) is 0 Å². The number of carbonyl (C=O) groups excluding carboxylic acids is 1. The van der Waals surface area contributed by atoms with Crippen LogP contribution in [-0.4, -0.2) is 17.6 Å². The van der Waals surface area contributed by atoms with E-state index in [0.717, 1.165) is 0 Å². The van der Waals surface area contributed by atoms with Gasteiger partial charge in [0, 0.05) is 13.0 Å². The van der Waals surface area contributed by atoms with Crippen molar-refractivity contribution in [3.63, 3.8) is 0 Å². The third kappa shape index (κ3) is 0.703. The van der Waals surface area contributed by atoms with Gasteiger partial charge in [0.25, 0.3) is 0 Å². The molecule has 0 radical (unpaired) electrons. The average Bonchev–Trinajstić information content (AvgIpc) is 1.91. The second-order valence-electron chi connectivity index (χ2n) is 1.35. The second kappa shape index (κ2) is 1.48. The summed E-state index contributed by atoms with van der Waals surface area (Å²) in [6.45, 7) is 0.488. The molecule has 1 aliphatic heterocycles. The lowest BCUT2D eigenvalue weighted by Gasteiger charge is -2.19. The monoisotopic (exact) mass is 101 g/mol. The molecule has 0 spiro atoms. The molecule has 1 saturated heterocycles. The van der Waals surface area contributed by atoms with E-state index >= 15 is 0 Å². The normalized spacial score (nSPS) is 21.3. The van der Waals surface area contributed by atoms with E-state index < -0.39 is 0 Å². The number of amides is 1. The summed E-state index contributed by atoms with van der Waals surface area (Å²) in [5.41, 5.74) is 2.30. The number of hydroxylamine groups is 1. The maximum atomic E-state index is 10.1. The first-order chi connectivity index (χ1) is 3.30. The van der Waals surface area contributed by atoms with Crippen LogP contribution >= 0.6 is 0 Å². The van der Waals surface area contributed by atoms with Crippen molar-refractivity contribution in [2.75, 3.05) is 6.54 Å². The van der Waals surface area contributed by atoms with Gasteiger partial charge in [-0.15, -0.1) is 0 Å². The molecule has 0 aromatic heterocycles. The van der Waals surface area contributed by atoms with Gasteiger partial charge >= 0.3 is 0 Å². The molecule has 0 aliphatic carbocycles. The molecule has 0 saturated carbocycles. The Morgan fingerprint density at radius 2 is 2.57 bits per heavy atom. The van der Waals surface area contributed by atoms with Crippen LogP contribution in [-0.2, 0) is 4.79 Å². The van der Waals surface area contributed by atoms with Gasteiger partial charge in [0.05, 0.1) is 0 Å². The lowest BCUT2D eigenvalue weighted by Crippen LogP contribution is -2.27. The highest BCUT2D eigenvalue weighted by atomic mass is 16.6. The van der Waals surface area contributed by atoms with Crippen LogP contribution in [0.2, 0.25) is 0 Å². The van der Waals surface area contributed by atoms with Gasteiger partial charge in [-0.3, -0.25) is 4.79 Å². The molecule has 1 aliphatic rings. The van der Waals surface area contributed by atoms with E-state index in [1.54, 1.807) is 0 Å². The summed E-state index contributed by atoms with van der Waals surface area (Å²) in [5.74, 6) is -0.375. The number of nitrogens with zero attached hydrogens (tertiary/aromatic N) is 1. The molecule has 4 nitrogen and oxygen atoms in total. The van der Waals surface area contributed by atoms with Gasteiger partial charge in [-0.2, -0.15) is 0 Å². The maximum Gasteiger partial charge on any atom is 0.227 e. The third-order valence-corrected chi connectivity index (χ3v) is 0.821. The van der Waals surface area contributed by atoms with Gasteiger partial charge in [-0.25, -0.2) is 5.43 Å². The van der Waals surface area contributed by atoms with Crippen LogP contribution in [0.3, 0.4) is 0 Å². The number of nitrogens with one attached hydrogen (secondary N) is 1. The van der Waals surface area contributed by atoms with E-state index in [9.17, 15) is 10.0 Å². The summed E-state index contributed by atoms with van der Waals surface area (Å²) in [6.07, 6.45) is 0.337. The largest absolute Gasteiger partial charge is 0.741 e.